The van der Waals surface area contributed by atoms with E-state index in [0.29, 0.717) is 19.4 Å². The van der Waals surface area contributed by atoms with Crippen molar-refractivity contribution in [3.63, 3.8) is 0 Å². The summed E-state index contributed by atoms with van der Waals surface area (Å²) in [4.78, 5) is 0. The van der Waals surface area contributed by atoms with Crippen molar-refractivity contribution < 1.29 is 8.42 Å². The fourth-order valence-electron chi connectivity index (χ4n) is 1.46. The maximum absolute atomic E-state index is 11.6. The minimum Gasteiger partial charge on any atom is -0.214 e. The predicted octanol–water partition coefficient (Wildman–Crippen LogP) is 1.45. The summed E-state index contributed by atoms with van der Waals surface area (Å²) in [7, 11) is -3.50. The number of nitriles is 1. The van der Waals surface area contributed by atoms with Crippen LogP contribution in [0.4, 0.5) is 0 Å². The van der Waals surface area contributed by atoms with Crippen molar-refractivity contribution in [1.29, 1.82) is 5.26 Å². The monoisotopic (exact) mass is 252 g/mol. The first-order valence-corrected chi connectivity index (χ1v) is 7.06. The van der Waals surface area contributed by atoms with Gasteiger partial charge in [0.15, 0.2) is 5.25 Å². The number of sulfonamides is 1. The van der Waals surface area contributed by atoms with Crippen LogP contribution in [0.25, 0.3) is 0 Å². The van der Waals surface area contributed by atoms with Crippen LogP contribution >= 0.6 is 0 Å². The van der Waals surface area contributed by atoms with Gasteiger partial charge >= 0.3 is 0 Å². The van der Waals surface area contributed by atoms with Crippen molar-refractivity contribution in [2.24, 2.45) is 0 Å². The van der Waals surface area contributed by atoms with E-state index >= 15 is 0 Å². The summed E-state index contributed by atoms with van der Waals surface area (Å²) >= 11 is 0. The van der Waals surface area contributed by atoms with Gasteiger partial charge < -0.3 is 0 Å². The molecule has 1 rings (SSSR count). The molecule has 17 heavy (non-hydrogen) atoms. The average Bonchev–Trinajstić information content (AvgIpc) is 2.31. The number of hydrogen-bond acceptors (Lipinski definition) is 3. The standard InChI is InChI=1S/C12H16N2O2S/c1-2-12(10-13)17(15,16)14-9-8-11-6-4-3-5-7-11/h3-7,12,14H,2,8-9H2,1H3. The zero-order valence-corrected chi connectivity index (χ0v) is 10.6. The minimum atomic E-state index is -3.50. The van der Waals surface area contributed by atoms with E-state index in [2.05, 4.69) is 4.72 Å². The lowest BCUT2D eigenvalue weighted by atomic mass is 10.2. The molecule has 0 aliphatic carbocycles. The summed E-state index contributed by atoms with van der Waals surface area (Å²) in [5, 5.41) is 7.75. The van der Waals surface area contributed by atoms with Crippen molar-refractivity contribution in [2.75, 3.05) is 6.54 Å². The van der Waals surface area contributed by atoms with Crippen LogP contribution < -0.4 is 4.72 Å². The van der Waals surface area contributed by atoms with Crippen molar-refractivity contribution in [3.05, 3.63) is 35.9 Å². The lowest BCUT2D eigenvalue weighted by Gasteiger charge is -2.09. The number of rotatable bonds is 6. The molecule has 0 spiro atoms. The Hall–Kier alpha value is -1.38. The second-order valence-corrected chi connectivity index (χ2v) is 5.65. The molecule has 0 aliphatic heterocycles. The molecule has 0 aromatic heterocycles. The predicted molar refractivity (Wildman–Crippen MR) is 66.8 cm³/mol. The zero-order valence-electron chi connectivity index (χ0n) is 9.76. The Labute approximate surface area is 102 Å². The Morgan fingerprint density at radius 3 is 2.53 bits per heavy atom. The van der Waals surface area contributed by atoms with Crippen LogP contribution in [0, 0.1) is 11.3 Å². The maximum Gasteiger partial charge on any atom is 0.227 e. The molecule has 5 heteroatoms. The molecule has 0 saturated heterocycles. The molecular weight excluding hydrogens is 236 g/mol. The molecule has 1 atom stereocenters. The van der Waals surface area contributed by atoms with Crippen LogP contribution in [0.2, 0.25) is 0 Å². The van der Waals surface area contributed by atoms with E-state index in [-0.39, 0.29) is 0 Å². The summed E-state index contributed by atoms with van der Waals surface area (Å²) in [6.45, 7) is 2.01. The third-order valence-corrected chi connectivity index (χ3v) is 4.24. The minimum absolute atomic E-state index is 0.303. The van der Waals surface area contributed by atoms with Crippen molar-refractivity contribution in [2.45, 2.75) is 25.0 Å². The maximum atomic E-state index is 11.6. The van der Waals surface area contributed by atoms with Gasteiger partial charge in [-0.3, -0.25) is 0 Å². The summed E-state index contributed by atoms with van der Waals surface area (Å²) in [5.74, 6) is 0. The van der Waals surface area contributed by atoms with E-state index in [9.17, 15) is 8.42 Å². The van der Waals surface area contributed by atoms with Crippen LogP contribution in [0.3, 0.4) is 0 Å². The van der Waals surface area contributed by atoms with Gasteiger partial charge in [-0.1, -0.05) is 37.3 Å². The van der Waals surface area contributed by atoms with Crippen LogP contribution in [-0.2, 0) is 16.4 Å². The van der Waals surface area contributed by atoms with Crippen LogP contribution in [0.15, 0.2) is 30.3 Å². The van der Waals surface area contributed by atoms with Crippen LogP contribution in [0.5, 0.6) is 0 Å². The van der Waals surface area contributed by atoms with Gasteiger partial charge in [-0.05, 0) is 18.4 Å². The van der Waals surface area contributed by atoms with E-state index in [0.717, 1.165) is 5.56 Å². The lowest BCUT2D eigenvalue weighted by Crippen LogP contribution is -2.34. The van der Waals surface area contributed by atoms with Crippen LogP contribution in [-0.4, -0.2) is 20.2 Å². The molecule has 1 aromatic rings. The fraction of sp³-hybridized carbons (Fsp3) is 0.417. The molecule has 0 heterocycles. The quantitative estimate of drug-likeness (QED) is 0.833. The van der Waals surface area contributed by atoms with Gasteiger partial charge in [-0.25, -0.2) is 13.1 Å². The Kier molecular flexibility index (Phi) is 5.13. The normalized spacial score (nSPS) is 12.9. The van der Waals surface area contributed by atoms with Gasteiger partial charge in [-0.15, -0.1) is 0 Å². The summed E-state index contributed by atoms with van der Waals surface area (Å²) in [5.41, 5.74) is 1.07. The van der Waals surface area contributed by atoms with Gasteiger partial charge in [0.25, 0.3) is 0 Å². The lowest BCUT2D eigenvalue weighted by molar-refractivity contribution is 0.572. The molecule has 0 aliphatic rings. The van der Waals surface area contributed by atoms with Gasteiger partial charge in [0.2, 0.25) is 10.0 Å². The largest absolute Gasteiger partial charge is 0.227 e. The second kappa shape index (κ2) is 6.38. The highest BCUT2D eigenvalue weighted by molar-refractivity contribution is 7.90. The first-order valence-electron chi connectivity index (χ1n) is 5.52. The molecule has 0 radical (unpaired) electrons. The molecule has 4 nitrogen and oxygen atoms in total. The highest BCUT2D eigenvalue weighted by Crippen LogP contribution is 2.03. The van der Waals surface area contributed by atoms with Gasteiger partial charge in [0, 0.05) is 6.54 Å². The third-order valence-electron chi connectivity index (χ3n) is 2.45. The Morgan fingerprint density at radius 1 is 1.35 bits per heavy atom. The molecular formula is C12H16N2O2S. The third kappa shape index (κ3) is 4.17. The summed E-state index contributed by atoms with van der Waals surface area (Å²) in [6, 6.07) is 11.4. The number of benzene rings is 1. The van der Waals surface area contributed by atoms with Crippen molar-refractivity contribution >= 4 is 10.0 Å². The van der Waals surface area contributed by atoms with Crippen molar-refractivity contribution in [1.82, 2.24) is 4.72 Å². The molecule has 0 saturated carbocycles. The molecule has 1 unspecified atom stereocenters. The molecule has 0 bridgehead atoms. The number of hydrogen-bond donors (Lipinski definition) is 1. The first-order chi connectivity index (χ1) is 8.10. The highest BCUT2D eigenvalue weighted by Gasteiger charge is 2.22. The van der Waals surface area contributed by atoms with E-state index in [4.69, 9.17) is 5.26 Å². The molecule has 1 aromatic carbocycles. The summed E-state index contributed by atoms with van der Waals surface area (Å²) in [6.07, 6.45) is 0.930. The topological polar surface area (TPSA) is 70.0 Å². The Bertz CT molecular complexity index is 477. The molecule has 1 N–H and O–H groups in total. The second-order valence-electron chi connectivity index (χ2n) is 3.70. The van der Waals surface area contributed by atoms with E-state index in [1.165, 1.54) is 0 Å². The number of nitrogens with zero attached hydrogens (tertiary/aromatic N) is 1. The van der Waals surface area contributed by atoms with E-state index < -0.39 is 15.3 Å². The highest BCUT2D eigenvalue weighted by atomic mass is 32.2. The number of nitrogens with one attached hydrogen (secondary N) is 1. The Balaban J connectivity index is 2.49. The van der Waals surface area contributed by atoms with E-state index in [1.807, 2.05) is 30.3 Å². The molecule has 0 fully saturated rings. The first kappa shape index (κ1) is 13.7. The molecule has 0 amide bonds. The van der Waals surface area contributed by atoms with Gasteiger partial charge in [0.1, 0.15) is 0 Å². The van der Waals surface area contributed by atoms with Gasteiger partial charge in [0.05, 0.1) is 6.07 Å². The zero-order chi connectivity index (χ0) is 12.7. The van der Waals surface area contributed by atoms with Gasteiger partial charge in [-0.2, -0.15) is 5.26 Å². The molecule has 92 valence electrons. The fourth-order valence-corrected chi connectivity index (χ4v) is 2.63. The SMILES string of the molecule is CCC(C#N)S(=O)(=O)NCCc1ccccc1. The Morgan fingerprint density at radius 2 is 2.00 bits per heavy atom. The smallest absolute Gasteiger partial charge is 0.214 e. The van der Waals surface area contributed by atoms with Crippen molar-refractivity contribution in [3.8, 4) is 6.07 Å². The summed E-state index contributed by atoms with van der Waals surface area (Å²) < 4.78 is 25.8. The van der Waals surface area contributed by atoms with E-state index in [1.54, 1.807) is 13.0 Å². The van der Waals surface area contributed by atoms with Crippen LogP contribution in [0.1, 0.15) is 18.9 Å². The average molecular weight is 252 g/mol.